The van der Waals surface area contributed by atoms with Crippen molar-refractivity contribution in [1.82, 2.24) is 9.55 Å². The topological polar surface area (TPSA) is 76.9 Å². The summed E-state index contributed by atoms with van der Waals surface area (Å²) in [5.74, 6) is 0.430. The number of hydrogen-bond acceptors (Lipinski definition) is 4. The maximum Gasteiger partial charge on any atom is 0.263 e. The second-order valence-electron chi connectivity index (χ2n) is 8.25. The molecule has 0 unspecified atom stereocenters. The molecule has 6 heteroatoms. The Kier molecular flexibility index (Phi) is 6.25. The summed E-state index contributed by atoms with van der Waals surface area (Å²) in [5.41, 5.74) is 6.76. The predicted octanol–water partition coefficient (Wildman–Crippen LogP) is 3.79. The van der Waals surface area contributed by atoms with E-state index in [0.29, 0.717) is 18.1 Å². The van der Waals surface area contributed by atoms with Gasteiger partial charge < -0.3 is 14.7 Å². The zero-order valence-electron chi connectivity index (χ0n) is 17.7. The van der Waals surface area contributed by atoms with E-state index in [1.54, 1.807) is 17.0 Å². The fraction of sp³-hybridized carbons (Fsp3) is 0.250. The van der Waals surface area contributed by atoms with Crippen LogP contribution in [0.3, 0.4) is 0 Å². The van der Waals surface area contributed by atoms with E-state index in [-0.39, 0.29) is 5.04 Å². The minimum atomic E-state index is -2.90. The van der Waals surface area contributed by atoms with Gasteiger partial charge in [0.25, 0.3) is 8.32 Å². The molecule has 3 rings (SSSR count). The van der Waals surface area contributed by atoms with Gasteiger partial charge in [0.05, 0.1) is 6.33 Å². The lowest BCUT2D eigenvalue weighted by Gasteiger charge is -2.43. The Morgan fingerprint density at radius 2 is 1.67 bits per heavy atom. The summed E-state index contributed by atoms with van der Waals surface area (Å²) in [7, 11) is -2.90. The van der Waals surface area contributed by atoms with Crippen LogP contribution in [0.1, 0.15) is 32.6 Å². The number of allylic oxidation sites excluding steroid dienone is 1. The van der Waals surface area contributed by atoms with Gasteiger partial charge in [-0.2, -0.15) is 5.26 Å². The van der Waals surface area contributed by atoms with Gasteiger partial charge >= 0.3 is 0 Å². The van der Waals surface area contributed by atoms with Crippen LogP contribution in [0.2, 0.25) is 5.04 Å². The van der Waals surface area contributed by atoms with Crippen molar-refractivity contribution in [2.75, 3.05) is 5.73 Å². The molecule has 0 fully saturated rings. The monoisotopic (exact) mass is 416 g/mol. The molecular weight excluding hydrogens is 388 g/mol. The molecule has 0 amide bonds. The third-order valence-electron chi connectivity index (χ3n) is 5.31. The van der Waals surface area contributed by atoms with Crippen LogP contribution in [0.15, 0.2) is 79.6 Å². The Balaban J connectivity index is 2.20. The zero-order valence-corrected chi connectivity index (χ0v) is 18.7. The molecular formula is C24H28N4OSi. The minimum Gasteiger partial charge on any atom is -0.387 e. The zero-order chi connectivity index (χ0) is 21.8. The van der Waals surface area contributed by atoms with Crippen LogP contribution in [0, 0.1) is 11.3 Å². The molecule has 5 nitrogen and oxygen atoms in total. The average molecular weight is 417 g/mol. The smallest absolute Gasteiger partial charge is 0.263 e. The fourth-order valence-electron chi connectivity index (χ4n) is 3.91. The van der Waals surface area contributed by atoms with Gasteiger partial charge in [0, 0.05) is 6.54 Å². The fourth-order valence-corrected chi connectivity index (χ4v) is 8.44. The van der Waals surface area contributed by atoms with Crippen molar-refractivity contribution in [1.29, 1.82) is 5.26 Å². The van der Waals surface area contributed by atoms with E-state index in [1.807, 2.05) is 36.4 Å². The molecule has 2 aromatic carbocycles. The lowest BCUT2D eigenvalue weighted by atomic mass is 10.2. The van der Waals surface area contributed by atoms with Crippen LogP contribution in [0.5, 0.6) is 0 Å². The summed E-state index contributed by atoms with van der Waals surface area (Å²) in [4.78, 5) is 4.42. The van der Waals surface area contributed by atoms with Gasteiger partial charge in [-0.1, -0.05) is 87.5 Å². The quantitative estimate of drug-likeness (QED) is 0.469. The van der Waals surface area contributed by atoms with E-state index in [9.17, 15) is 5.26 Å². The lowest BCUT2D eigenvalue weighted by molar-refractivity contribution is 0.241. The maximum absolute atomic E-state index is 10.1. The third-order valence-corrected chi connectivity index (χ3v) is 10.3. The minimum absolute atomic E-state index is 0.247. The van der Waals surface area contributed by atoms with E-state index in [2.05, 4.69) is 62.7 Å². The number of aromatic nitrogens is 2. The molecule has 0 spiro atoms. The van der Waals surface area contributed by atoms with E-state index < -0.39 is 14.4 Å². The van der Waals surface area contributed by atoms with Crippen LogP contribution < -0.4 is 16.1 Å². The van der Waals surface area contributed by atoms with Gasteiger partial charge in [0.2, 0.25) is 0 Å². The van der Waals surface area contributed by atoms with Gasteiger partial charge in [0.1, 0.15) is 17.6 Å². The molecule has 0 saturated heterocycles. The number of imidazole rings is 1. The summed E-state index contributed by atoms with van der Waals surface area (Å²) in [6, 6.07) is 22.8. The van der Waals surface area contributed by atoms with Gasteiger partial charge in [-0.3, -0.25) is 0 Å². The maximum atomic E-state index is 10.1. The van der Waals surface area contributed by atoms with Crippen molar-refractivity contribution in [3.8, 4) is 6.07 Å². The molecule has 3 aromatic rings. The molecule has 0 aliphatic carbocycles. The summed E-state index contributed by atoms with van der Waals surface area (Å²) in [6.07, 6.45) is 2.49. The van der Waals surface area contributed by atoms with E-state index in [1.165, 1.54) is 0 Å². The standard InChI is InChI=1S/C24H28N4OSi/c1-5-16-28-18-27-22(23(28)26)21(17-25)29-30(24(2,3)4,19-12-8-6-9-13-19)20-14-10-7-11-15-20/h5-15,18,21H,1,16,26H2,2-4H3/t21-/m1/s1. The van der Waals surface area contributed by atoms with E-state index in [4.69, 9.17) is 10.2 Å². The Labute approximate surface area is 179 Å². The third kappa shape index (κ3) is 3.82. The van der Waals surface area contributed by atoms with E-state index in [0.717, 1.165) is 10.4 Å². The van der Waals surface area contributed by atoms with Crippen molar-refractivity contribution in [2.24, 2.45) is 0 Å². The van der Waals surface area contributed by atoms with Crippen molar-refractivity contribution in [3.63, 3.8) is 0 Å². The molecule has 1 aromatic heterocycles. The Bertz CT molecular complexity index is 993. The number of anilines is 1. The van der Waals surface area contributed by atoms with Crippen LogP contribution in [0.4, 0.5) is 5.82 Å². The molecule has 30 heavy (non-hydrogen) atoms. The highest BCUT2D eigenvalue weighted by Crippen LogP contribution is 2.40. The molecule has 154 valence electrons. The number of hydrogen-bond donors (Lipinski definition) is 1. The van der Waals surface area contributed by atoms with Crippen LogP contribution in [0.25, 0.3) is 0 Å². The number of nitrogens with two attached hydrogens (primary N) is 1. The van der Waals surface area contributed by atoms with Crippen LogP contribution >= 0.6 is 0 Å². The van der Waals surface area contributed by atoms with Gasteiger partial charge in [-0.05, 0) is 15.4 Å². The Hall–Kier alpha value is -3.14. The normalized spacial score (nSPS) is 12.9. The number of nitriles is 1. The summed E-state index contributed by atoms with van der Waals surface area (Å²) in [5, 5.41) is 12.1. The summed E-state index contributed by atoms with van der Waals surface area (Å²) in [6.45, 7) is 10.8. The van der Waals surface area contributed by atoms with Crippen molar-refractivity contribution in [3.05, 3.63) is 85.3 Å². The Morgan fingerprint density at radius 1 is 1.13 bits per heavy atom. The van der Waals surface area contributed by atoms with Gasteiger partial charge in [0.15, 0.2) is 6.10 Å². The molecule has 0 aliphatic rings. The molecule has 0 bridgehead atoms. The second-order valence-corrected chi connectivity index (χ2v) is 12.5. The highest BCUT2D eigenvalue weighted by Gasteiger charge is 2.52. The SMILES string of the molecule is C=CCn1cnc([C@@H](C#N)O[Si](c2ccccc2)(c2ccccc2)C(C)(C)C)c1N. The molecule has 2 N–H and O–H groups in total. The second kappa shape index (κ2) is 8.70. The Morgan fingerprint density at radius 3 is 2.10 bits per heavy atom. The molecule has 1 atom stereocenters. The van der Waals surface area contributed by atoms with Crippen LogP contribution in [-0.2, 0) is 11.0 Å². The van der Waals surface area contributed by atoms with E-state index >= 15 is 0 Å². The summed E-state index contributed by atoms with van der Waals surface area (Å²) < 4.78 is 8.64. The van der Waals surface area contributed by atoms with Crippen molar-refractivity contribution >= 4 is 24.5 Å². The molecule has 0 radical (unpaired) electrons. The predicted molar refractivity (Wildman–Crippen MR) is 124 cm³/mol. The number of rotatable bonds is 7. The first-order valence-corrected chi connectivity index (χ1v) is 11.9. The van der Waals surface area contributed by atoms with Crippen LogP contribution in [-0.4, -0.2) is 17.9 Å². The highest BCUT2D eigenvalue weighted by atomic mass is 28.4. The lowest BCUT2D eigenvalue weighted by Crippen LogP contribution is -2.66. The molecule has 1 heterocycles. The number of nitrogens with zero attached hydrogens (tertiary/aromatic N) is 3. The first-order valence-electron chi connectivity index (χ1n) is 9.95. The number of nitrogen functional groups attached to an aromatic ring is 1. The first kappa shape index (κ1) is 21.6. The van der Waals surface area contributed by atoms with Crippen molar-refractivity contribution < 1.29 is 4.43 Å². The highest BCUT2D eigenvalue weighted by molar-refractivity contribution is 6.99. The van der Waals surface area contributed by atoms with Gasteiger partial charge in [-0.15, -0.1) is 6.58 Å². The number of benzene rings is 2. The average Bonchev–Trinajstić information content (AvgIpc) is 3.10. The molecule has 0 saturated carbocycles. The summed E-state index contributed by atoms with van der Waals surface area (Å²) >= 11 is 0. The first-order chi connectivity index (χ1) is 14.3. The van der Waals surface area contributed by atoms with Gasteiger partial charge in [-0.25, -0.2) is 4.98 Å². The van der Waals surface area contributed by atoms with Crippen molar-refractivity contribution in [2.45, 2.75) is 38.5 Å². The largest absolute Gasteiger partial charge is 0.387 e. The molecule has 0 aliphatic heterocycles.